The molecule has 0 radical (unpaired) electrons. The van der Waals surface area contributed by atoms with E-state index in [1.165, 1.54) is 18.3 Å². The van der Waals surface area contributed by atoms with Gasteiger partial charge >= 0.3 is 5.97 Å². The molecule has 1 aromatic carbocycles. The molecule has 158 valence electrons. The van der Waals surface area contributed by atoms with Crippen molar-refractivity contribution in [1.82, 2.24) is 5.01 Å². The van der Waals surface area contributed by atoms with E-state index in [1.807, 2.05) is 12.2 Å². The van der Waals surface area contributed by atoms with Crippen LogP contribution in [-0.4, -0.2) is 41.7 Å². The molecule has 4 rings (SSSR count). The molecule has 30 heavy (non-hydrogen) atoms. The van der Waals surface area contributed by atoms with Crippen molar-refractivity contribution in [3.63, 3.8) is 0 Å². The van der Waals surface area contributed by atoms with E-state index in [-0.39, 0.29) is 64.0 Å². The van der Waals surface area contributed by atoms with Crippen LogP contribution in [0.4, 0.5) is 0 Å². The number of imide groups is 1. The Morgan fingerprint density at radius 1 is 1.17 bits per heavy atom. The van der Waals surface area contributed by atoms with Gasteiger partial charge in [0.15, 0.2) is 12.4 Å². The molecule has 9 heteroatoms. The van der Waals surface area contributed by atoms with E-state index in [0.29, 0.717) is 5.56 Å². The lowest BCUT2D eigenvalue weighted by Crippen LogP contribution is -2.28. The summed E-state index contributed by atoms with van der Waals surface area (Å²) >= 11 is 12.4. The Balaban J connectivity index is 1.45. The predicted molar refractivity (Wildman–Crippen MR) is 110 cm³/mol. The molecular formula is C21H20Cl2N2O5. The topological polar surface area (TPSA) is 85.3 Å². The molecule has 2 fully saturated rings. The molecule has 3 aliphatic rings. The highest BCUT2D eigenvalue weighted by molar-refractivity contribution is 6.37. The van der Waals surface area contributed by atoms with E-state index in [2.05, 4.69) is 5.10 Å². The first-order chi connectivity index (χ1) is 14.3. The third kappa shape index (κ3) is 3.72. The van der Waals surface area contributed by atoms with Crippen LogP contribution in [0.2, 0.25) is 10.0 Å². The molecular weight excluding hydrogens is 431 g/mol. The van der Waals surface area contributed by atoms with Crippen molar-refractivity contribution >= 4 is 47.2 Å². The second-order valence-corrected chi connectivity index (χ2v) is 8.69. The SMILES string of the molecule is CC(C)OC(=O)COc1c(Cl)cc(C=NN2C(=O)[C@@H]3[C@H](C2=O)[C@H]2C=C[C@H]3C2)cc1Cl. The fourth-order valence-electron chi connectivity index (χ4n) is 4.34. The van der Waals surface area contributed by atoms with Gasteiger partial charge in [-0.3, -0.25) is 9.59 Å². The molecule has 1 saturated heterocycles. The van der Waals surface area contributed by atoms with Crippen molar-refractivity contribution in [2.75, 3.05) is 6.61 Å². The summed E-state index contributed by atoms with van der Waals surface area (Å²) < 4.78 is 10.4. The van der Waals surface area contributed by atoms with Gasteiger partial charge in [0, 0.05) is 0 Å². The average molecular weight is 451 g/mol. The summed E-state index contributed by atoms with van der Waals surface area (Å²) in [5, 5.41) is 5.39. The van der Waals surface area contributed by atoms with Crippen LogP contribution in [-0.2, 0) is 19.1 Å². The van der Waals surface area contributed by atoms with Gasteiger partial charge in [0.1, 0.15) is 0 Å². The van der Waals surface area contributed by atoms with E-state index in [0.717, 1.165) is 11.4 Å². The van der Waals surface area contributed by atoms with Crippen molar-refractivity contribution in [2.24, 2.45) is 28.8 Å². The van der Waals surface area contributed by atoms with Crippen LogP contribution >= 0.6 is 23.2 Å². The molecule has 1 aliphatic heterocycles. The summed E-state index contributed by atoms with van der Waals surface area (Å²) in [6.45, 7) is 3.13. The fourth-order valence-corrected chi connectivity index (χ4v) is 4.96. The monoisotopic (exact) mass is 450 g/mol. The molecule has 0 spiro atoms. The number of carbonyl (C=O) groups excluding carboxylic acids is 3. The molecule has 2 amide bonds. The number of hydrogen-bond donors (Lipinski definition) is 0. The second-order valence-electron chi connectivity index (χ2n) is 7.87. The minimum absolute atomic E-state index is 0.124. The van der Waals surface area contributed by atoms with Crippen molar-refractivity contribution in [3.8, 4) is 5.75 Å². The molecule has 7 nitrogen and oxygen atoms in total. The molecule has 0 unspecified atom stereocenters. The molecule has 1 heterocycles. The molecule has 0 aromatic heterocycles. The first-order valence-corrected chi connectivity index (χ1v) is 10.4. The maximum atomic E-state index is 12.7. The molecule has 2 aliphatic carbocycles. The summed E-state index contributed by atoms with van der Waals surface area (Å²) in [5.41, 5.74) is 0.487. The highest BCUT2D eigenvalue weighted by Gasteiger charge is 2.59. The molecule has 4 atom stereocenters. The van der Waals surface area contributed by atoms with Gasteiger partial charge in [0.2, 0.25) is 0 Å². The standard InChI is InChI=1S/C21H20Cl2N2O5/c1-10(2)30-16(26)9-29-19-14(22)5-11(6-15(19)23)8-24-25-20(27)17-12-3-4-13(7-12)18(17)21(25)28/h3-6,8,10,12-13,17-18H,7,9H2,1-2H3/t12-,13-,17-,18+/m0/s1. The summed E-state index contributed by atoms with van der Waals surface area (Å²) in [7, 11) is 0. The van der Waals surface area contributed by atoms with Gasteiger partial charge < -0.3 is 9.47 Å². The van der Waals surface area contributed by atoms with E-state index in [9.17, 15) is 14.4 Å². The van der Waals surface area contributed by atoms with Gasteiger partial charge in [0.05, 0.1) is 34.2 Å². The predicted octanol–water partition coefficient (Wildman–Crippen LogP) is 3.46. The minimum atomic E-state index is -0.539. The van der Waals surface area contributed by atoms with Crippen molar-refractivity contribution in [1.29, 1.82) is 0 Å². The minimum Gasteiger partial charge on any atom is -0.479 e. The van der Waals surface area contributed by atoms with Gasteiger partial charge in [-0.1, -0.05) is 35.4 Å². The third-order valence-electron chi connectivity index (χ3n) is 5.49. The lowest BCUT2D eigenvalue weighted by atomic mass is 9.85. The highest BCUT2D eigenvalue weighted by Crippen LogP contribution is 2.52. The number of hydrogen-bond acceptors (Lipinski definition) is 6. The Kier molecular flexibility index (Phi) is 5.59. The van der Waals surface area contributed by atoms with Crippen molar-refractivity contribution in [2.45, 2.75) is 26.4 Å². The number of ether oxygens (including phenoxy) is 2. The normalized spacial score (nSPS) is 26.9. The van der Waals surface area contributed by atoms with Gasteiger partial charge in [-0.2, -0.15) is 10.1 Å². The average Bonchev–Trinajstić information content (AvgIpc) is 3.33. The van der Waals surface area contributed by atoms with E-state index in [4.69, 9.17) is 32.7 Å². The number of allylic oxidation sites excluding steroid dienone is 2. The Bertz CT molecular complexity index is 921. The van der Waals surface area contributed by atoms with Gasteiger partial charge in [-0.05, 0) is 49.8 Å². The number of esters is 1. The van der Waals surface area contributed by atoms with Crippen LogP contribution in [0, 0.1) is 23.7 Å². The van der Waals surface area contributed by atoms with Gasteiger partial charge in [-0.15, -0.1) is 0 Å². The number of hydrazone groups is 1. The van der Waals surface area contributed by atoms with Crippen LogP contribution in [0.3, 0.4) is 0 Å². The summed E-state index contributed by atoms with van der Waals surface area (Å²) in [5.74, 6) is -1.29. The maximum absolute atomic E-state index is 12.7. The van der Waals surface area contributed by atoms with Crippen molar-refractivity contribution < 1.29 is 23.9 Å². The number of amides is 2. The summed E-state index contributed by atoms with van der Waals surface area (Å²) in [6.07, 6.45) is 6.02. The quantitative estimate of drug-likeness (QED) is 0.286. The third-order valence-corrected chi connectivity index (χ3v) is 6.05. The Morgan fingerprint density at radius 3 is 2.27 bits per heavy atom. The Hall–Kier alpha value is -2.38. The van der Waals surface area contributed by atoms with E-state index in [1.54, 1.807) is 13.8 Å². The van der Waals surface area contributed by atoms with Crippen LogP contribution in [0.25, 0.3) is 0 Å². The van der Waals surface area contributed by atoms with Gasteiger partial charge in [0.25, 0.3) is 11.8 Å². The Morgan fingerprint density at radius 2 is 1.73 bits per heavy atom. The zero-order valence-corrected chi connectivity index (χ0v) is 17.9. The van der Waals surface area contributed by atoms with Gasteiger partial charge in [-0.25, -0.2) is 4.79 Å². The largest absolute Gasteiger partial charge is 0.479 e. The number of rotatable bonds is 6. The molecule has 0 N–H and O–H groups in total. The van der Waals surface area contributed by atoms with E-state index >= 15 is 0 Å². The first-order valence-electron chi connectivity index (χ1n) is 9.67. The fraction of sp³-hybridized carbons (Fsp3) is 0.429. The zero-order chi connectivity index (χ0) is 21.6. The number of nitrogens with zero attached hydrogens (tertiary/aromatic N) is 2. The highest BCUT2D eigenvalue weighted by atomic mass is 35.5. The summed E-state index contributed by atoms with van der Waals surface area (Å²) in [4.78, 5) is 37.0. The van der Waals surface area contributed by atoms with Crippen molar-refractivity contribution in [3.05, 3.63) is 39.9 Å². The molecule has 1 saturated carbocycles. The number of carbonyl (C=O) groups is 3. The lowest BCUT2D eigenvalue weighted by molar-refractivity contribution is -0.149. The second kappa shape index (κ2) is 8.04. The lowest BCUT2D eigenvalue weighted by Gasteiger charge is -2.13. The van der Waals surface area contributed by atoms with Crippen LogP contribution in [0.5, 0.6) is 5.75 Å². The van der Waals surface area contributed by atoms with Crippen LogP contribution in [0.1, 0.15) is 25.8 Å². The number of halogens is 2. The maximum Gasteiger partial charge on any atom is 0.344 e. The Labute approximate surface area is 183 Å². The smallest absolute Gasteiger partial charge is 0.344 e. The molecule has 2 bridgehead atoms. The molecule has 1 aromatic rings. The zero-order valence-electron chi connectivity index (χ0n) is 16.4. The van der Waals surface area contributed by atoms with E-state index < -0.39 is 5.97 Å². The van der Waals surface area contributed by atoms with Crippen LogP contribution < -0.4 is 4.74 Å². The number of fused-ring (bicyclic) bond motifs is 5. The number of benzene rings is 1. The first kappa shape index (κ1) is 20.9. The summed E-state index contributed by atoms with van der Waals surface area (Å²) in [6, 6.07) is 3.05. The van der Waals surface area contributed by atoms with Crippen LogP contribution in [0.15, 0.2) is 29.4 Å².